The van der Waals surface area contributed by atoms with Gasteiger partial charge in [-0.3, -0.25) is 4.79 Å². The first-order valence-corrected chi connectivity index (χ1v) is 7.89. The summed E-state index contributed by atoms with van der Waals surface area (Å²) in [5.74, 6) is -1.01. The lowest BCUT2D eigenvalue weighted by molar-refractivity contribution is -0.114. The average molecular weight is 338 g/mol. The Morgan fingerprint density at radius 1 is 1.35 bits per heavy atom. The minimum Gasteiger partial charge on any atom is -0.459 e. The molecule has 0 unspecified atom stereocenters. The lowest BCUT2D eigenvalue weighted by Gasteiger charge is -2.11. The van der Waals surface area contributed by atoms with Gasteiger partial charge < -0.3 is 10.1 Å². The third kappa shape index (κ3) is 4.11. The SMILES string of the molecule is CCc1c(C)sc(NC(=O)C(Cl)Cl)c1C(=O)OC(C)C. The molecule has 0 fully saturated rings. The first-order valence-electron chi connectivity index (χ1n) is 6.20. The molecule has 0 atom stereocenters. The maximum absolute atomic E-state index is 12.2. The van der Waals surface area contributed by atoms with Gasteiger partial charge in [-0.15, -0.1) is 11.3 Å². The van der Waals surface area contributed by atoms with Crippen molar-refractivity contribution in [1.29, 1.82) is 0 Å². The molecule has 0 bridgehead atoms. The number of esters is 1. The topological polar surface area (TPSA) is 55.4 Å². The Kier molecular flexibility index (Phi) is 6.30. The Labute approximate surface area is 132 Å². The van der Waals surface area contributed by atoms with E-state index < -0.39 is 16.7 Å². The molecule has 0 saturated heterocycles. The van der Waals surface area contributed by atoms with E-state index in [1.54, 1.807) is 13.8 Å². The molecule has 1 amide bonds. The number of carbonyl (C=O) groups is 2. The number of hydrogen-bond donors (Lipinski definition) is 1. The summed E-state index contributed by atoms with van der Waals surface area (Å²) in [4.78, 5) is 23.6. The standard InChI is InChI=1S/C13H17Cl2NO3S/c1-5-8-7(4)20-12(16-11(17)10(14)15)9(8)13(18)19-6(2)3/h6,10H,5H2,1-4H3,(H,16,17). The van der Waals surface area contributed by atoms with Crippen LogP contribution in [0.5, 0.6) is 0 Å². The van der Waals surface area contributed by atoms with Gasteiger partial charge in [-0.2, -0.15) is 0 Å². The van der Waals surface area contributed by atoms with Crippen LogP contribution in [0.1, 0.15) is 41.6 Å². The van der Waals surface area contributed by atoms with E-state index in [4.69, 9.17) is 27.9 Å². The molecule has 1 N–H and O–H groups in total. The number of nitrogens with one attached hydrogen (secondary N) is 1. The van der Waals surface area contributed by atoms with Crippen molar-refractivity contribution in [3.8, 4) is 0 Å². The molecule has 1 aromatic heterocycles. The van der Waals surface area contributed by atoms with Crippen molar-refractivity contribution in [3.05, 3.63) is 16.0 Å². The van der Waals surface area contributed by atoms with E-state index in [1.807, 2.05) is 13.8 Å². The van der Waals surface area contributed by atoms with Gasteiger partial charge in [-0.05, 0) is 32.8 Å². The van der Waals surface area contributed by atoms with Crippen molar-refractivity contribution in [2.75, 3.05) is 5.32 Å². The van der Waals surface area contributed by atoms with Crippen LogP contribution in [0.2, 0.25) is 0 Å². The van der Waals surface area contributed by atoms with Crippen molar-refractivity contribution in [1.82, 2.24) is 0 Å². The second-order valence-corrected chi connectivity index (χ2v) is 6.76. The number of hydrogen-bond acceptors (Lipinski definition) is 4. The highest BCUT2D eigenvalue weighted by molar-refractivity contribution is 7.16. The Morgan fingerprint density at radius 2 is 1.95 bits per heavy atom. The van der Waals surface area contributed by atoms with E-state index >= 15 is 0 Å². The van der Waals surface area contributed by atoms with Crippen molar-refractivity contribution in [2.24, 2.45) is 0 Å². The molecule has 0 aromatic carbocycles. The fourth-order valence-corrected chi connectivity index (χ4v) is 2.99. The summed E-state index contributed by atoms with van der Waals surface area (Å²) in [6.07, 6.45) is 0.441. The van der Waals surface area contributed by atoms with E-state index in [9.17, 15) is 9.59 Å². The fourth-order valence-electron chi connectivity index (χ4n) is 1.75. The number of anilines is 1. The van der Waals surface area contributed by atoms with Crippen molar-refractivity contribution >= 4 is 51.4 Å². The van der Waals surface area contributed by atoms with Gasteiger partial charge in [0, 0.05) is 4.88 Å². The average Bonchev–Trinajstić information content (AvgIpc) is 2.63. The van der Waals surface area contributed by atoms with Crippen LogP contribution < -0.4 is 5.32 Å². The lowest BCUT2D eigenvalue weighted by Crippen LogP contribution is -2.20. The molecule has 0 radical (unpaired) electrons. The van der Waals surface area contributed by atoms with Gasteiger partial charge in [0.05, 0.1) is 11.7 Å². The predicted octanol–water partition coefficient (Wildman–Crippen LogP) is 3.93. The van der Waals surface area contributed by atoms with Crippen LogP contribution in [0.15, 0.2) is 0 Å². The highest BCUT2D eigenvalue weighted by Crippen LogP contribution is 2.34. The summed E-state index contributed by atoms with van der Waals surface area (Å²) in [7, 11) is 0. The summed E-state index contributed by atoms with van der Waals surface area (Å²) < 4.78 is 5.23. The smallest absolute Gasteiger partial charge is 0.341 e. The number of halogens is 2. The molecule has 4 nitrogen and oxygen atoms in total. The van der Waals surface area contributed by atoms with Crippen molar-refractivity contribution in [2.45, 2.75) is 45.1 Å². The van der Waals surface area contributed by atoms with Gasteiger partial charge in [-0.1, -0.05) is 30.1 Å². The molecule has 0 aliphatic heterocycles. The van der Waals surface area contributed by atoms with E-state index in [2.05, 4.69) is 5.32 Å². The Hall–Kier alpha value is -0.780. The molecular weight excluding hydrogens is 321 g/mol. The molecule has 1 aromatic rings. The van der Waals surface area contributed by atoms with Crippen LogP contribution in [0.4, 0.5) is 5.00 Å². The Morgan fingerprint density at radius 3 is 2.40 bits per heavy atom. The van der Waals surface area contributed by atoms with E-state index in [1.165, 1.54) is 11.3 Å². The largest absolute Gasteiger partial charge is 0.459 e. The summed E-state index contributed by atoms with van der Waals surface area (Å²) in [6, 6.07) is 0. The number of rotatable bonds is 5. The maximum Gasteiger partial charge on any atom is 0.341 e. The third-order valence-corrected chi connectivity index (χ3v) is 4.00. The molecule has 0 spiro atoms. The van der Waals surface area contributed by atoms with Gasteiger partial charge >= 0.3 is 5.97 Å². The maximum atomic E-state index is 12.2. The highest BCUT2D eigenvalue weighted by atomic mass is 35.5. The van der Waals surface area contributed by atoms with E-state index in [-0.39, 0.29) is 6.10 Å². The zero-order chi connectivity index (χ0) is 15.4. The third-order valence-electron chi connectivity index (χ3n) is 2.54. The van der Waals surface area contributed by atoms with Crippen LogP contribution >= 0.6 is 34.5 Å². The van der Waals surface area contributed by atoms with E-state index in [0.717, 1.165) is 10.4 Å². The number of alkyl halides is 2. The number of amides is 1. The van der Waals surface area contributed by atoms with Crippen molar-refractivity contribution in [3.63, 3.8) is 0 Å². The normalized spacial score (nSPS) is 11.0. The van der Waals surface area contributed by atoms with Crippen LogP contribution in [0.25, 0.3) is 0 Å². The van der Waals surface area contributed by atoms with Crippen LogP contribution in [0.3, 0.4) is 0 Å². The number of thiophene rings is 1. The predicted molar refractivity (Wildman–Crippen MR) is 83.1 cm³/mol. The summed E-state index contributed by atoms with van der Waals surface area (Å²) >= 11 is 12.4. The molecule has 112 valence electrons. The fraction of sp³-hybridized carbons (Fsp3) is 0.538. The minimum absolute atomic E-state index is 0.232. The monoisotopic (exact) mass is 337 g/mol. The Balaban J connectivity index is 3.17. The number of ether oxygens (including phenoxy) is 1. The van der Waals surface area contributed by atoms with Crippen LogP contribution in [-0.4, -0.2) is 22.8 Å². The molecule has 0 saturated carbocycles. The number of carbonyl (C=O) groups excluding carboxylic acids is 2. The first kappa shape index (κ1) is 17.3. The molecule has 7 heteroatoms. The Bertz CT molecular complexity index is 512. The van der Waals surface area contributed by atoms with Gasteiger partial charge in [0.25, 0.3) is 5.91 Å². The molecule has 1 heterocycles. The van der Waals surface area contributed by atoms with Crippen molar-refractivity contribution < 1.29 is 14.3 Å². The van der Waals surface area contributed by atoms with E-state index in [0.29, 0.717) is 17.0 Å². The molecule has 0 aliphatic carbocycles. The first-order chi connectivity index (χ1) is 9.27. The van der Waals surface area contributed by atoms with Crippen LogP contribution in [0, 0.1) is 6.92 Å². The summed E-state index contributed by atoms with van der Waals surface area (Å²) in [5.41, 5.74) is 1.27. The molecule has 20 heavy (non-hydrogen) atoms. The van der Waals surface area contributed by atoms with Crippen LogP contribution in [-0.2, 0) is 16.0 Å². The van der Waals surface area contributed by atoms with Gasteiger partial charge in [0.2, 0.25) is 0 Å². The second kappa shape index (κ2) is 7.29. The zero-order valence-corrected chi connectivity index (χ0v) is 14.1. The second-order valence-electron chi connectivity index (χ2n) is 4.44. The zero-order valence-electron chi connectivity index (χ0n) is 11.8. The highest BCUT2D eigenvalue weighted by Gasteiger charge is 2.25. The summed E-state index contributed by atoms with van der Waals surface area (Å²) in [6.45, 7) is 7.38. The number of aryl methyl sites for hydroxylation is 1. The van der Waals surface area contributed by atoms with Gasteiger partial charge in [-0.25, -0.2) is 4.79 Å². The minimum atomic E-state index is -1.18. The lowest BCUT2D eigenvalue weighted by atomic mass is 10.1. The van der Waals surface area contributed by atoms with Gasteiger partial charge in [0.1, 0.15) is 5.00 Å². The quantitative estimate of drug-likeness (QED) is 0.654. The summed E-state index contributed by atoms with van der Waals surface area (Å²) in [5, 5.41) is 3.01. The van der Waals surface area contributed by atoms with Gasteiger partial charge in [0.15, 0.2) is 4.84 Å². The molecule has 0 aliphatic rings. The molecule has 1 rings (SSSR count). The molecular formula is C13H17Cl2NO3S.